The molecule has 1 heterocycles. The highest BCUT2D eigenvalue weighted by atomic mass is 16.5. The van der Waals surface area contributed by atoms with Crippen LogP contribution in [0.1, 0.15) is 30.1 Å². The Bertz CT molecular complexity index is 552. The van der Waals surface area contributed by atoms with Crippen LogP contribution >= 0.6 is 0 Å². The molecule has 1 aliphatic rings. The van der Waals surface area contributed by atoms with Gasteiger partial charge in [0.1, 0.15) is 5.75 Å². The zero-order valence-corrected chi connectivity index (χ0v) is 10.3. The molecule has 0 bridgehead atoms. The van der Waals surface area contributed by atoms with Crippen LogP contribution in [0.5, 0.6) is 5.75 Å². The number of amides is 1. The molecule has 19 heavy (non-hydrogen) atoms. The molecule has 0 fully saturated rings. The van der Waals surface area contributed by atoms with Crippen LogP contribution < -0.4 is 15.2 Å². The van der Waals surface area contributed by atoms with E-state index in [-0.39, 0.29) is 24.5 Å². The van der Waals surface area contributed by atoms with Gasteiger partial charge in [-0.15, -0.1) is 0 Å². The first-order chi connectivity index (χ1) is 8.97. The van der Waals surface area contributed by atoms with Gasteiger partial charge in [-0.2, -0.15) is 0 Å². The molecule has 2 rings (SSSR count). The van der Waals surface area contributed by atoms with E-state index in [0.717, 1.165) is 0 Å². The molecule has 6 nitrogen and oxygen atoms in total. The van der Waals surface area contributed by atoms with Gasteiger partial charge in [0.25, 0.3) is 5.91 Å². The van der Waals surface area contributed by atoms with Crippen molar-refractivity contribution in [3.8, 4) is 5.75 Å². The second-order valence-electron chi connectivity index (χ2n) is 4.26. The van der Waals surface area contributed by atoms with Crippen LogP contribution in [0.4, 0.5) is 5.69 Å². The number of carbonyl (C=O) groups is 3. The van der Waals surface area contributed by atoms with Crippen LogP contribution in [-0.4, -0.2) is 23.8 Å². The van der Waals surface area contributed by atoms with E-state index in [1.54, 1.807) is 19.1 Å². The highest BCUT2D eigenvalue weighted by molar-refractivity contribution is 6.02. The summed E-state index contributed by atoms with van der Waals surface area (Å²) in [5, 5.41) is 12.9. The number of fused-ring (bicyclic) bond motifs is 1. The highest BCUT2D eigenvalue weighted by Gasteiger charge is 2.24. The summed E-state index contributed by atoms with van der Waals surface area (Å²) in [6.45, 7) is 1.62. The Morgan fingerprint density at radius 3 is 2.79 bits per heavy atom. The zero-order valence-electron chi connectivity index (χ0n) is 10.3. The molecular weight excluding hydrogens is 250 g/mol. The number of anilines is 1. The summed E-state index contributed by atoms with van der Waals surface area (Å²) in [4.78, 5) is 33.5. The van der Waals surface area contributed by atoms with Crippen LogP contribution in [0.3, 0.4) is 0 Å². The molecular formula is C13H12NO5-. The molecule has 1 aromatic carbocycles. The molecule has 1 aliphatic heterocycles. The normalized spacial score (nSPS) is 17.1. The highest BCUT2D eigenvalue weighted by Crippen LogP contribution is 2.30. The lowest BCUT2D eigenvalue weighted by molar-refractivity contribution is -0.305. The summed E-state index contributed by atoms with van der Waals surface area (Å²) in [6, 6.07) is 4.61. The van der Waals surface area contributed by atoms with Gasteiger partial charge in [0.15, 0.2) is 11.9 Å². The molecule has 0 aliphatic carbocycles. The van der Waals surface area contributed by atoms with E-state index in [1.165, 1.54) is 6.07 Å². The SMILES string of the molecule is CC1Oc2ccc(C(=O)CCC(=O)[O-])cc2NC1=O. The molecule has 0 saturated heterocycles. The molecule has 0 radical (unpaired) electrons. The minimum Gasteiger partial charge on any atom is -0.550 e. The lowest BCUT2D eigenvalue weighted by atomic mass is 10.0. The lowest BCUT2D eigenvalue weighted by Gasteiger charge is -2.23. The molecule has 1 atom stereocenters. The number of Topliss-reactive ketones (excluding diaryl/α,β-unsaturated/α-hetero) is 1. The smallest absolute Gasteiger partial charge is 0.265 e. The van der Waals surface area contributed by atoms with Gasteiger partial charge >= 0.3 is 0 Å². The Kier molecular flexibility index (Phi) is 3.50. The maximum Gasteiger partial charge on any atom is 0.265 e. The predicted molar refractivity (Wildman–Crippen MR) is 63.7 cm³/mol. The van der Waals surface area contributed by atoms with Crippen LogP contribution in [0, 0.1) is 0 Å². The molecule has 0 aromatic heterocycles. The van der Waals surface area contributed by atoms with E-state index >= 15 is 0 Å². The fraction of sp³-hybridized carbons (Fsp3) is 0.308. The largest absolute Gasteiger partial charge is 0.550 e. The fourth-order valence-corrected chi connectivity index (χ4v) is 1.74. The molecule has 100 valence electrons. The van der Waals surface area contributed by atoms with Crippen molar-refractivity contribution in [3.63, 3.8) is 0 Å². The van der Waals surface area contributed by atoms with E-state index < -0.39 is 12.1 Å². The monoisotopic (exact) mass is 262 g/mol. The van der Waals surface area contributed by atoms with Crippen molar-refractivity contribution in [3.05, 3.63) is 23.8 Å². The Morgan fingerprint density at radius 1 is 1.37 bits per heavy atom. The van der Waals surface area contributed by atoms with Gasteiger partial charge in [-0.05, 0) is 31.5 Å². The number of benzene rings is 1. The van der Waals surface area contributed by atoms with Crippen molar-refractivity contribution in [2.45, 2.75) is 25.9 Å². The lowest BCUT2D eigenvalue weighted by Crippen LogP contribution is -2.34. The van der Waals surface area contributed by atoms with E-state index in [9.17, 15) is 19.5 Å². The standard InChI is InChI=1S/C13H13NO5/c1-7-13(18)14-9-6-8(2-4-11(9)19-7)10(15)3-5-12(16)17/h2,4,6-7H,3,5H2,1H3,(H,14,18)(H,16,17)/p-1. The number of nitrogens with one attached hydrogen (secondary N) is 1. The molecule has 1 aromatic rings. The molecule has 1 unspecified atom stereocenters. The van der Waals surface area contributed by atoms with Crippen molar-refractivity contribution < 1.29 is 24.2 Å². The summed E-state index contributed by atoms with van der Waals surface area (Å²) in [7, 11) is 0. The van der Waals surface area contributed by atoms with Crippen molar-refractivity contribution >= 4 is 23.3 Å². The summed E-state index contributed by atoms with van der Waals surface area (Å²) in [5.41, 5.74) is 0.751. The Labute approximate surface area is 109 Å². The van der Waals surface area contributed by atoms with Crippen molar-refractivity contribution in [1.29, 1.82) is 0 Å². The number of carbonyl (C=O) groups excluding carboxylic acids is 3. The van der Waals surface area contributed by atoms with E-state index in [1.807, 2.05) is 0 Å². The van der Waals surface area contributed by atoms with Crippen molar-refractivity contribution in [2.24, 2.45) is 0 Å². The second kappa shape index (κ2) is 5.09. The quantitative estimate of drug-likeness (QED) is 0.777. The molecule has 6 heteroatoms. The number of hydrogen-bond acceptors (Lipinski definition) is 5. The van der Waals surface area contributed by atoms with Crippen LogP contribution in [0.2, 0.25) is 0 Å². The minimum absolute atomic E-state index is 0.133. The van der Waals surface area contributed by atoms with Gasteiger partial charge in [0, 0.05) is 18.0 Å². The van der Waals surface area contributed by atoms with Gasteiger partial charge in [-0.3, -0.25) is 9.59 Å². The average Bonchev–Trinajstić information content (AvgIpc) is 2.36. The maximum atomic E-state index is 11.7. The number of hydrogen-bond donors (Lipinski definition) is 1. The van der Waals surface area contributed by atoms with E-state index in [0.29, 0.717) is 17.0 Å². The van der Waals surface area contributed by atoms with Crippen LogP contribution in [-0.2, 0) is 9.59 Å². The summed E-state index contributed by atoms with van der Waals surface area (Å²) in [6.07, 6.45) is -1.03. The van der Waals surface area contributed by atoms with Gasteiger partial charge in [0.05, 0.1) is 5.69 Å². The summed E-state index contributed by atoms with van der Waals surface area (Å²) < 4.78 is 5.35. The number of carboxylic acid groups (broad SMARTS) is 1. The van der Waals surface area contributed by atoms with Crippen molar-refractivity contribution in [2.75, 3.05) is 5.32 Å². The molecule has 1 amide bonds. The molecule has 1 N–H and O–H groups in total. The third kappa shape index (κ3) is 2.90. The summed E-state index contributed by atoms with van der Waals surface area (Å²) >= 11 is 0. The van der Waals surface area contributed by atoms with Gasteiger partial charge in [-0.25, -0.2) is 0 Å². The minimum atomic E-state index is -1.27. The van der Waals surface area contributed by atoms with Gasteiger partial charge < -0.3 is 20.0 Å². The third-order valence-corrected chi connectivity index (χ3v) is 2.79. The van der Waals surface area contributed by atoms with Crippen LogP contribution in [0.25, 0.3) is 0 Å². The van der Waals surface area contributed by atoms with Gasteiger partial charge in [0.2, 0.25) is 0 Å². The van der Waals surface area contributed by atoms with E-state index in [4.69, 9.17) is 4.74 Å². The number of aliphatic carboxylic acids is 1. The van der Waals surface area contributed by atoms with Gasteiger partial charge in [-0.1, -0.05) is 0 Å². The number of ether oxygens (including phenoxy) is 1. The number of carboxylic acids is 1. The second-order valence-corrected chi connectivity index (χ2v) is 4.26. The predicted octanol–water partition coefficient (Wildman–Crippen LogP) is 0.119. The average molecular weight is 262 g/mol. The molecule has 0 spiro atoms. The first kappa shape index (κ1) is 13.1. The first-order valence-electron chi connectivity index (χ1n) is 5.82. The number of ketones is 1. The third-order valence-electron chi connectivity index (χ3n) is 2.79. The Balaban J connectivity index is 2.17. The molecule has 0 saturated carbocycles. The number of rotatable bonds is 4. The zero-order chi connectivity index (χ0) is 14.0. The maximum absolute atomic E-state index is 11.7. The van der Waals surface area contributed by atoms with Crippen molar-refractivity contribution in [1.82, 2.24) is 0 Å². The van der Waals surface area contributed by atoms with E-state index in [2.05, 4.69) is 5.32 Å². The van der Waals surface area contributed by atoms with Crippen LogP contribution in [0.15, 0.2) is 18.2 Å². The summed E-state index contributed by atoms with van der Waals surface area (Å²) in [5.74, 6) is -1.38. The fourth-order valence-electron chi connectivity index (χ4n) is 1.74. The first-order valence-corrected chi connectivity index (χ1v) is 5.82. The Hall–Kier alpha value is -2.37. The topological polar surface area (TPSA) is 95.5 Å². The Morgan fingerprint density at radius 2 is 2.11 bits per heavy atom.